The maximum absolute atomic E-state index is 12.3. The molecule has 2 aromatic rings. The van der Waals surface area contributed by atoms with Crippen molar-refractivity contribution in [1.82, 2.24) is 0 Å². The van der Waals surface area contributed by atoms with Crippen LogP contribution < -0.4 is 4.18 Å². The molecule has 2 aromatic carbocycles. The number of aryl methyl sites for hydroxylation is 1. The van der Waals surface area contributed by atoms with Gasteiger partial charge in [-0.15, -0.1) is 0 Å². The first kappa shape index (κ1) is 16.5. The number of benzene rings is 2. The van der Waals surface area contributed by atoms with E-state index in [-0.39, 0.29) is 17.3 Å². The molecule has 0 bridgehead atoms. The second-order valence-corrected chi connectivity index (χ2v) is 7.70. The Morgan fingerprint density at radius 2 is 1.76 bits per heavy atom. The van der Waals surface area contributed by atoms with E-state index in [2.05, 4.69) is 31.9 Å². The fourth-order valence-corrected chi connectivity index (χ4v) is 4.17. The van der Waals surface area contributed by atoms with Crippen LogP contribution in [0, 0.1) is 6.92 Å². The highest BCUT2D eigenvalue weighted by atomic mass is 79.9. The first-order valence-electron chi connectivity index (χ1n) is 5.93. The fraction of sp³-hybridized carbons (Fsp3) is 0.143. The smallest absolute Gasteiger partial charge is 0.339 e. The summed E-state index contributed by atoms with van der Waals surface area (Å²) in [4.78, 5) is 0.0619. The minimum atomic E-state index is -3.95. The van der Waals surface area contributed by atoms with Crippen LogP contribution in [0.3, 0.4) is 0 Å². The summed E-state index contributed by atoms with van der Waals surface area (Å²) in [7, 11) is -3.95. The average Bonchev–Trinajstić information content (AvgIpc) is 2.42. The summed E-state index contributed by atoms with van der Waals surface area (Å²) >= 11 is 6.52. The lowest BCUT2D eigenvalue weighted by atomic mass is 10.2. The van der Waals surface area contributed by atoms with Crippen molar-refractivity contribution in [2.75, 3.05) is 0 Å². The Labute approximate surface area is 140 Å². The van der Waals surface area contributed by atoms with E-state index in [0.717, 1.165) is 5.56 Å². The second-order valence-electron chi connectivity index (χ2n) is 4.38. The zero-order chi connectivity index (χ0) is 15.6. The van der Waals surface area contributed by atoms with Crippen LogP contribution in [0.15, 0.2) is 50.2 Å². The summed E-state index contributed by atoms with van der Waals surface area (Å²) in [6, 6.07) is 9.61. The summed E-state index contributed by atoms with van der Waals surface area (Å²) in [5.74, 6) is 0.0845. The number of aliphatic hydroxyl groups is 1. The van der Waals surface area contributed by atoms with E-state index in [1.165, 1.54) is 12.1 Å². The van der Waals surface area contributed by atoms with Crippen LogP contribution in [-0.2, 0) is 16.7 Å². The highest BCUT2D eigenvalue weighted by Gasteiger charge is 2.20. The molecule has 0 saturated heterocycles. The molecule has 0 radical (unpaired) electrons. The Bertz CT molecular complexity index is 755. The van der Waals surface area contributed by atoms with Crippen LogP contribution in [0.5, 0.6) is 5.75 Å². The second kappa shape index (κ2) is 6.48. The van der Waals surface area contributed by atoms with Gasteiger partial charge in [-0.05, 0) is 47.1 Å². The van der Waals surface area contributed by atoms with Gasteiger partial charge in [0.15, 0.2) is 5.75 Å². The van der Waals surface area contributed by atoms with E-state index in [1.54, 1.807) is 24.3 Å². The lowest BCUT2D eigenvalue weighted by molar-refractivity contribution is 0.278. The minimum absolute atomic E-state index is 0.0619. The molecular weight excluding hydrogens is 424 g/mol. The van der Waals surface area contributed by atoms with Gasteiger partial charge in [0.05, 0.1) is 11.1 Å². The predicted molar refractivity (Wildman–Crippen MR) is 86.8 cm³/mol. The first-order valence-corrected chi connectivity index (χ1v) is 8.93. The lowest BCUT2D eigenvalue weighted by Crippen LogP contribution is -2.11. The van der Waals surface area contributed by atoms with E-state index in [9.17, 15) is 13.5 Å². The molecular formula is C14H12Br2O4S. The Morgan fingerprint density at radius 3 is 2.33 bits per heavy atom. The van der Waals surface area contributed by atoms with Gasteiger partial charge in [-0.25, -0.2) is 0 Å². The third-order valence-corrected chi connectivity index (χ3v) is 5.04. The van der Waals surface area contributed by atoms with Crippen LogP contribution in [0.4, 0.5) is 0 Å². The van der Waals surface area contributed by atoms with E-state index < -0.39 is 10.1 Å². The first-order chi connectivity index (χ1) is 9.83. The number of rotatable bonds is 4. The molecule has 0 atom stereocenters. The average molecular weight is 436 g/mol. The van der Waals surface area contributed by atoms with Gasteiger partial charge >= 0.3 is 10.1 Å². The number of aliphatic hydroxyl groups excluding tert-OH is 1. The van der Waals surface area contributed by atoms with Crippen molar-refractivity contribution >= 4 is 42.0 Å². The minimum Gasteiger partial charge on any atom is -0.392 e. The monoisotopic (exact) mass is 434 g/mol. The van der Waals surface area contributed by atoms with Gasteiger partial charge in [0.1, 0.15) is 4.90 Å². The van der Waals surface area contributed by atoms with E-state index in [0.29, 0.717) is 14.5 Å². The maximum Gasteiger partial charge on any atom is 0.339 e. The van der Waals surface area contributed by atoms with E-state index in [4.69, 9.17) is 4.18 Å². The third kappa shape index (κ3) is 3.85. The quantitative estimate of drug-likeness (QED) is 0.742. The number of hydrogen-bond acceptors (Lipinski definition) is 4. The summed E-state index contributed by atoms with van der Waals surface area (Å²) in [5.41, 5.74) is 1.32. The van der Waals surface area contributed by atoms with Gasteiger partial charge in [-0.2, -0.15) is 8.42 Å². The van der Waals surface area contributed by atoms with Gasteiger partial charge < -0.3 is 9.29 Å². The van der Waals surface area contributed by atoms with Gasteiger partial charge in [-0.3, -0.25) is 0 Å². The summed E-state index contributed by atoms with van der Waals surface area (Å²) < 4.78 is 30.9. The number of halogens is 2. The van der Waals surface area contributed by atoms with Crippen molar-refractivity contribution < 1.29 is 17.7 Å². The van der Waals surface area contributed by atoms with Gasteiger partial charge in [0.2, 0.25) is 0 Å². The molecule has 0 unspecified atom stereocenters. The molecule has 1 N–H and O–H groups in total. The molecule has 0 aliphatic heterocycles. The Kier molecular flexibility index (Phi) is 5.08. The van der Waals surface area contributed by atoms with Crippen molar-refractivity contribution in [3.8, 4) is 5.75 Å². The molecule has 0 aliphatic rings. The molecule has 2 rings (SSSR count). The summed E-state index contributed by atoms with van der Waals surface area (Å²) in [6.07, 6.45) is 0. The Morgan fingerprint density at radius 1 is 1.14 bits per heavy atom. The molecule has 4 nitrogen and oxygen atoms in total. The van der Waals surface area contributed by atoms with Crippen LogP contribution >= 0.6 is 31.9 Å². The van der Waals surface area contributed by atoms with Gasteiger partial charge in [0, 0.05) is 10.0 Å². The fourth-order valence-electron chi connectivity index (χ4n) is 1.69. The Balaban J connectivity index is 2.44. The molecule has 0 aliphatic carbocycles. The lowest BCUT2D eigenvalue weighted by Gasteiger charge is -2.13. The van der Waals surface area contributed by atoms with Crippen LogP contribution in [-0.4, -0.2) is 13.5 Å². The van der Waals surface area contributed by atoms with Crippen molar-refractivity contribution in [1.29, 1.82) is 0 Å². The SMILES string of the molecule is Cc1ccc(S(=O)(=O)Oc2c(Br)cc(Br)cc2CO)cc1. The zero-order valence-electron chi connectivity index (χ0n) is 11.0. The molecule has 0 fully saturated rings. The Hall–Kier alpha value is -0.890. The topological polar surface area (TPSA) is 63.6 Å². The maximum atomic E-state index is 12.3. The molecule has 0 aromatic heterocycles. The van der Waals surface area contributed by atoms with Gasteiger partial charge in [0.25, 0.3) is 0 Å². The number of hydrogen-bond donors (Lipinski definition) is 1. The molecule has 0 amide bonds. The normalized spacial score (nSPS) is 11.4. The zero-order valence-corrected chi connectivity index (χ0v) is 15.0. The van der Waals surface area contributed by atoms with Crippen molar-refractivity contribution in [2.24, 2.45) is 0 Å². The largest absolute Gasteiger partial charge is 0.392 e. The van der Waals surface area contributed by atoms with Crippen molar-refractivity contribution in [3.05, 3.63) is 56.5 Å². The van der Waals surface area contributed by atoms with Crippen LogP contribution in [0.1, 0.15) is 11.1 Å². The molecule has 0 heterocycles. The molecule has 0 saturated carbocycles. The van der Waals surface area contributed by atoms with Crippen molar-refractivity contribution in [3.63, 3.8) is 0 Å². The highest BCUT2D eigenvalue weighted by molar-refractivity contribution is 9.11. The molecule has 7 heteroatoms. The van der Waals surface area contributed by atoms with Crippen LogP contribution in [0.25, 0.3) is 0 Å². The molecule has 112 valence electrons. The third-order valence-electron chi connectivity index (χ3n) is 2.76. The summed E-state index contributed by atoms with van der Waals surface area (Å²) in [5, 5.41) is 9.35. The van der Waals surface area contributed by atoms with E-state index >= 15 is 0 Å². The van der Waals surface area contributed by atoms with E-state index in [1.807, 2.05) is 6.92 Å². The van der Waals surface area contributed by atoms with Gasteiger partial charge in [-0.1, -0.05) is 33.6 Å². The molecule has 0 spiro atoms. The standard InChI is InChI=1S/C14H12Br2O4S/c1-9-2-4-12(5-3-9)21(18,19)20-14-10(8-17)6-11(15)7-13(14)16/h2-7,17H,8H2,1H3. The highest BCUT2D eigenvalue weighted by Crippen LogP contribution is 2.35. The molecule has 21 heavy (non-hydrogen) atoms. The van der Waals surface area contributed by atoms with Crippen LogP contribution in [0.2, 0.25) is 0 Å². The van der Waals surface area contributed by atoms with Crippen molar-refractivity contribution in [2.45, 2.75) is 18.4 Å². The predicted octanol–water partition coefficient (Wildman–Crippen LogP) is 3.78. The summed E-state index contributed by atoms with van der Waals surface area (Å²) in [6.45, 7) is 1.53.